The first-order valence-electron chi connectivity index (χ1n) is 9.68. The standard InChI is InChI=1S/C26H22N2O2/c1-29-25(19-11-5-3-6-12-19)27-23-17-9-16-22-21(23)15-10-18-24(22)28-26(30-2)20-13-7-4-8-14-20/h3-18H,1-2H3/b27-25-,28-26-. The molecule has 0 unspecified atom stereocenters. The lowest BCUT2D eigenvalue weighted by molar-refractivity contribution is 0.405. The number of nitrogens with zero attached hydrogens (tertiary/aromatic N) is 2. The van der Waals surface area contributed by atoms with Gasteiger partial charge in [-0.25, -0.2) is 9.98 Å². The van der Waals surface area contributed by atoms with Crippen molar-refractivity contribution in [1.29, 1.82) is 0 Å². The van der Waals surface area contributed by atoms with Crippen LogP contribution >= 0.6 is 0 Å². The molecule has 4 aromatic rings. The zero-order valence-electron chi connectivity index (χ0n) is 16.9. The van der Waals surface area contributed by atoms with Crippen molar-refractivity contribution in [2.24, 2.45) is 9.98 Å². The second-order valence-corrected chi connectivity index (χ2v) is 6.62. The first-order chi connectivity index (χ1) is 14.8. The molecule has 0 heterocycles. The number of aliphatic imine (C=N–C) groups is 2. The molecule has 4 heteroatoms. The van der Waals surface area contributed by atoms with Crippen molar-refractivity contribution >= 4 is 33.9 Å². The normalized spacial score (nSPS) is 12.1. The number of benzene rings is 4. The maximum atomic E-state index is 5.56. The van der Waals surface area contributed by atoms with Crippen molar-refractivity contribution in [3.63, 3.8) is 0 Å². The zero-order chi connectivity index (χ0) is 20.8. The quantitative estimate of drug-likeness (QED) is 0.302. The molecule has 148 valence electrons. The van der Waals surface area contributed by atoms with E-state index in [0.29, 0.717) is 11.8 Å². The average molecular weight is 394 g/mol. The third-order valence-corrected chi connectivity index (χ3v) is 4.75. The van der Waals surface area contributed by atoms with Gasteiger partial charge < -0.3 is 9.47 Å². The molecule has 30 heavy (non-hydrogen) atoms. The smallest absolute Gasteiger partial charge is 0.221 e. The van der Waals surface area contributed by atoms with Crippen molar-refractivity contribution in [2.45, 2.75) is 0 Å². The third kappa shape index (κ3) is 4.08. The van der Waals surface area contributed by atoms with Crippen LogP contribution in [0.1, 0.15) is 11.1 Å². The Morgan fingerprint density at radius 3 is 1.27 bits per heavy atom. The van der Waals surface area contributed by atoms with E-state index in [1.54, 1.807) is 14.2 Å². The van der Waals surface area contributed by atoms with Crippen LogP contribution in [-0.4, -0.2) is 26.0 Å². The number of fused-ring (bicyclic) bond motifs is 1. The molecule has 0 saturated carbocycles. The lowest BCUT2D eigenvalue weighted by Gasteiger charge is -2.10. The van der Waals surface area contributed by atoms with Gasteiger partial charge in [0, 0.05) is 21.9 Å². The number of rotatable bonds is 4. The largest absolute Gasteiger partial charge is 0.481 e. The summed E-state index contributed by atoms with van der Waals surface area (Å²) in [6.45, 7) is 0. The van der Waals surface area contributed by atoms with Crippen molar-refractivity contribution in [3.05, 3.63) is 108 Å². The monoisotopic (exact) mass is 394 g/mol. The second kappa shape index (κ2) is 9.05. The number of hydrogen-bond donors (Lipinski definition) is 0. The summed E-state index contributed by atoms with van der Waals surface area (Å²) in [7, 11) is 3.27. The molecule has 0 fully saturated rings. The zero-order valence-corrected chi connectivity index (χ0v) is 16.9. The minimum atomic E-state index is 0.568. The van der Waals surface area contributed by atoms with E-state index in [4.69, 9.17) is 19.5 Å². The maximum absolute atomic E-state index is 5.56. The Kier molecular flexibility index (Phi) is 5.85. The maximum Gasteiger partial charge on any atom is 0.221 e. The Morgan fingerprint density at radius 1 is 0.500 bits per heavy atom. The van der Waals surface area contributed by atoms with Crippen molar-refractivity contribution in [2.75, 3.05) is 14.2 Å². The predicted molar refractivity (Wildman–Crippen MR) is 123 cm³/mol. The molecule has 0 aliphatic heterocycles. The lowest BCUT2D eigenvalue weighted by atomic mass is 10.1. The lowest BCUT2D eigenvalue weighted by Crippen LogP contribution is -2.03. The van der Waals surface area contributed by atoms with Crippen molar-refractivity contribution in [3.8, 4) is 0 Å². The van der Waals surface area contributed by atoms with Gasteiger partial charge in [0.25, 0.3) is 0 Å². The molecule has 0 amide bonds. The first kappa shape index (κ1) is 19.4. The topological polar surface area (TPSA) is 43.2 Å². The van der Waals surface area contributed by atoms with Gasteiger partial charge in [-0.1, -0.05) is 60.7 Å². The summed E-state index contributed by atoms with van der Waals surface area (Å²) < 4.78 is 11.1. The van der Waals surface area contributed by atoms with Crippen LogP contribution in [0.5, 0.6) is 0 Å². The molecule has 0 radical (unpaired) electrons. The summed E-state index contributed by atoms with van der Waals surface area (Å²) in [5.41, 5.74) is 3.50. The molecule has 0 saturated heterocycles. The summed E-state index contributed by atoms with van der Waals surface area (Å²) >= 11 is 0. The van der Waals surface area contributed by atoms with Crippen LogP contribution in [0.25, 0.3) is 10.8 Å². The Balaban J connectivity index is 1.83. The molecular weight excluding hydrogens is 372 g/mol. The molecule has 0 bridgehead atoms. The Bertz CT molecular complexity index is 1100. The molecule has 0 N–H and O–H groups in total. The molecule has 0 spiro atoms. The first-order valence-corrected chi connectivity index (χ1v) is 9.68. The molecule has 0 aliphatic carbocycles. The van der Waals surface area contributed by atoms with E-state index in [0.717, 1.165) is 33.3 Å². The van der Waals surface area contributed by atoms with Gasteiger partial charge in [0.1, 0.15) is 0 Å². The van der Waals surface area contributed by atoms with Crippen LogP contribution in [0.3, 0.4) is 0 Å². The van der Waals surface area contributed by atoms with Crippen LogP contribution in [-0.2, 0) is 9.47 Å². The van der Waals surface area contributed by atoms with Crippen LogP contribution < -0.4 is 0 Å². The average Bonchev–Trinajstić information content (AvgIpc) is 2.82. The van der Waals surface area contributed by atoms with Crippen molar-refractivity contribution in [1.82, 2.24) is 0 Å². The Hall–Kier alpha value is -3.92. The summed E-state index contributed by atoms with van der Waals surface area (Å²) in [6.07, 6.45) is 0. The van der Waals surface area contributed by atoms with Gasteiger partial charge >= 0.3 is 0 Å². The summed E-state index contributed by atoms with van der Waals surface area (Å²) in [5, 5.41) is 1.99. The van der Waals surface area contributed by atoms with E-state index in [-0.39, 0.29) is 0 Å². The molecule has 4 rings (SSSR count). The van der Waals surface area contributed by atoms with Gasteiger partial charge in [0.05, 0.1) is 25.6 Å². The number of ether oxygens (including phenoxy) is 2. The molecule has 4 aromatic carbocycles. The van der Waals surface area contributed by atoms with E-state index >= 15 is 0 Å². The second-order valence-electron chi connectivity index (χ2n) is 6.62. The number of methoxy groups -OCH3 is 2. The highest BCUT2D eigenvalue weighted by atomic mass is 16.5. The van der Waals surface area contributed by atoms with Gasteiger partial charge in [-0.15, -0.1) is 0 Å². The fourth-order valence-corrected chi connectivity index (χ4v) is 3.31. The van der Waals surface area contributed by atoms with E-state index in [2.05, 4.69) is 0 Å². The van der Waals surface area contributed by atoms with E-state index in [1.807, 2.05) is 97.1 Å². The minimum Gasteiger partial charge on any atom is -0.481 e. The van der Waals surface area contributed by atoms with Crippen LogP contribution in [0.15, 0.2) is 107 Å². The molecule has 4 nitrogen and oxygen atoms in total. The van der Waals surface area contributed by atoms with Gasteiger partial charge in [-0.05, 0) is 36.4 Å². The highest BCUT2D eigenvalue weighted by molar-refractivity contribution is 6.05. The molecule has 0 aliphatic rings. The summed E-state index contributed by atoms with van der Waals surface area (Å²) in [5.74, 6) is 1.14. The Labute approximate surface area is 176 Å². The van der Waals surface area contributed by atoms with Gasteiger partial charge in [0.2, 0.25) is 11.8 Å². The summed E-state index contributed by atoms with van der Waals surface area (Å²) in [4.78, 5) is 9.58. The van der Waals surface area contributed by atoms with Gasteiger partial charge in [-0.2, -0.15) is 0 Å². The van der Waals surface area contributed by atoms with E-state index in [9.17, 15) is 0 Å². The summed E-state index contributed by atoms with van der Waals surface area (Å²) in [6, 6.07) is 31.7. The minimum absolute atomic E-state index is 0.568. The van der Waals surface area contributed by atoms with Crippen LogP contribution in [0, 0.1) is 0 Å². The fraction of sp³-hybridized carbons (Fsp3) is 0.0769. The number of hydrogen-bond acceptors (Lipinski definition) is 4. The highest BCUT2D eigenvalue weighted by Crippen LogP contribution is 2.33. The van der Waals surface area contributed by atoms with Gasteiger partial charge in [0.15, 0.2) is 0 Å². The Morgan fingerprint density at radius 2 is 0.900 bits per heavy atom. The molecular formula is C26H22N2O2. The predicted octanol–water partition coefficient (Wildman–Crippen LogP) is 6.29. The van der Waals surface area contributed by atoms with E-state index < -0.39 is 0 Å². The molecule has 0 atom stereocenters. The van der Waals surface area contributed by atoms with E-state index in [1.165, 1.54) is 0 Å². The van der Waals surface area contributed by atoms with Gasteiger partial charge in [-0.3, -0.25) is 0 Å². The van der Waals surface area contributed by atoms with Crippen molar-refractivity contribution < 1.29 is 9.47 Å². The SMILES string of the molecule is CO/C(=N\c1cccc2c(/N=C(\OC)c3ccccc3)cccc12)c1ccccc1. The van der Waals surface area contributed by atoms with Crippen LogP contribution in [0.2, 0.25) is 0 Å². The third-order valence-electron chi connectivity index (χ3n) is 4.75. The fourth-order valence-electron chi connectivity index (χ4n) is 3.31. The van der Waals surface area contributed by atoms with Crippen LogP contribution in [0.4, 0.5) is 11.4 Å². The highest BCUT2D eigenvalue weighted by Gasteiger charge is 2.09. The molecule has 0 aromatic heterocycles.